The van der Waals surface area contributed by atoms with Crippen LogP contribution in [0.25, 0.3) is 0 Å². The van der Waals surface area contributed by atoms with E-state index in [1.54, 1.807) is 34.2 Å². The molecule has 0 radical (unpaired) electrons. The van der Waals surface area contributed by atoms with Gasteiger partial charge in [0.05, 0.1) is 6.54 Å². The fourth-order valence-corrected chi connectivity index (χ4v) is 2.76. The van der Waals surface area contributed by atoms with E-state index >= 15 is 0 Å². The van der Waals surface area contributed by atoms with Crippen molar-refractivity contribution in [3.05, 3.63) is 46.4 Å². The van der Waals surface area contributed by atoms with Crippen LogP contribution in [0.15, 0.2) is 35.8 Å². The van der Waals surface area contributed by atoms with Crippen LogP contribution in [0, 0.1) is 0 Å². The first-order valence-corrected chi connectivity index (χ1v) is 7.70. The van der Waals surface area contributed by atoms with Gasteiger partial charge in [-0.3, -0.25) is 4.79 Å². The summed E-state index contributed by atoms with van der Waals surface area (Å²) in [5.41, 5.74) is 0.442. The van der Waals surface area contributed by atoms with Crippen molar-refractivity contribution in [1.82, 2.24) is 9.88 Å². The van der Waals surface area contributed by atoms with E-state index in [1.165, 1.54) is 7.11 Å². The number of aliphatic carboxylic acids is 1. The summed E-state index contributed by atoms with van der Waals surface area (Å²) in [6, 6.07) is 6.43. The summed E-state index contributed by atoms with van der Waals surface area (Å²) in [7, 11) is 1.49. The molecule has 2 N–H and O–H groups in total. The van der Waals surface area contributed by atoms with Crippen LogP contribution in [0.4, 0.5) is 0 Å². The van der Waals surface area contributed by atoms with E-state index in [0.717, 1.165) is 4.88 Å². The Morgan fingerprint density at radius 1 is 1.41 bits per heavy atom. The molecule has 0 aliphatic heterocycles. The van der Waals surface area contributed by atoms with Crippen molar-refractivity contribution in [2.45, 2.75) is 19.0 Å². The number of carbonyl (C=O) groups is 2. The standard InChI is InChI=1S/C15H18N2O4S/c1-21-8-6-12(15(19)20)16-14(18)13-5-2-7-17(13)10-11-4-3-9-22-11/h2-5,7,9,12H,6,8,10H2,1H3,(H,16,18)(H,19,20). The lowest BCUT2D eigenvalue weighted by Crippen LogP contribution is -2.42. The summed E-state index contributed by atoms with van der Waals surface area (Å²) in [5.74, 6) is -1.47. The molecule has 2 heterocycles. The number of hydrogen-bond acceptors (Lipinski definition) is 4. The molecule has 1 amide bonds. The first-order valence-electron chi connectivity index (χ1n) is 6.82. The zero-order valence-electron chi connectivity index (χ0n) is 12.2. The number of thiophene rings is 1. The summed E-state index contributed by atoms with van der Waals surface area (Å²) in [5, 5.41) is 13.7. The van der Waals surface area contributed by atoms with Crippen molar-refractivity contribution in [3.63, 3.8) is 0 Å². The maximum Gasteiger partial charge on any atom is 0.326 e. The molecule has 118 valence electrons. The monoisotopic (exact) mass is 322 g/mol. The van der Waals surface area contributed by atoms with Gasteiger partial charge in [0.2, 0.25) is 0 Å². The number of aromatic nitrogens is 1. The van der Waals surface area contributed by atoms with Crippen LogP contribution in [0.2, 0.25) is 0 Å². The highest BCUT2D eigenvalue weighted by Gasteiger charge is 2.21. The SMILES string of the molecule is COCCC(NC(=O)c1cccn1Cc1cccs1)C(=O)O. The number of methoxy groups -OCH3 is 1. The third-order valence-electron chi connectivity index (χ3n) is 3.18. The summed E-state index contributed by atoms with van der Waals surface area (Å²) in [6.07, 6.45) is 2.03. The number of ether oxygens (including phenoxy) is 1. The summed E-state index contributed by atoms with van der Waals surface area (Å²) in [6.45, 7) is 0.858. The second kappa shape index (κ2) is 7.77. The Morgan fingerprint density at radius 3 is 2.86 bits per heavy atom. The molecule has 0 saturated carbocycles. The second-order valence-electron chi connectivity index (χ2n) is 4.75. The fourth-order valence-electron chi connectivity index (χ4n) is 2.05. The van der Waals surface area contributed by atoms with Gasteiger partial charge in [0.25, 0.3) is 5.91 Å². The number of rotatable bonds is 8. The van der Waals surface area contributed by atoms with Gasteiger partial charge in [0, 0.05) is 31.2 Å². The molecular weight excluding hydrogens is 304 g/mol. The molecule has 2 rings (SSSR count). The van der Waals surface area contributed by atoms with Crippen molar-refractivity contribution in [2.75, 3.05) is 13.7 Å². The van der Waals surface area contributed by atoms with Crippen LogP contribution >= 0.6 is 11.3 Å². The average molecular weight is 322 g/mol. The van der Waals surface area contributed by atoms with E-state index in [9.17, 15) is 9.59 Å². The largest absolute Gasteiger partial charge is 0.480 e. The van der Waals surface area contributed by atoms with Gasteiger partial charge >= 0.3 is 5.97 Å². The highest BCUT2D eigenvalue weighted by Crippen LogP contribution is 2.13. The van der Waals surface area contributed by atoms with Gasteiger partial charge in [-0.1, -0.05) is 6.07 Å². The number of carboxylic acids is 1. The Kier molecular flexibility index (Phi) is 5.74. The maximum absolute atomic E-state index is 12.3. The van der Waals surface area contributed by atoms with Gasteiger partial charge in [-0.15, -0.1) is 11.3 Å². The van der Waals surface area contributed by atoms with E-state index < -0.39 is 17.9 Å². The van der Waals surface area contributed by atoms with Crippen molar-refractivity contribution >= 4 is 23.2 Å². The molecule has 2 aromatic heterocycles. The first-order chi connectivity index (χ1) is 10.6. The molecule has 6 nitrogen and oxygen atoms in total. The number of nitrogens with one attached hydrogen (secondary N) is 1. The zero-order valence-corrected chi connectivity index (χ0v) is 13.0. The van der Waals surface area contributed by atoms with Gasteiger partial charge in [-0.2, -0.15) is 0 Å². The Hall–Kier alpha value is -2.12. The van der Waals surface area contributed by atoms with Crippen LogP contribution in [0.3, 0.4) is 0 Å². The molecule has 0 spiro atoms. The van der Waals surface area contributed by atoms with E-state index in [-0.39, 0.29) is 13.0 Å². The predicted molar refractivity (Wildman–Crippen MR) is 83.2 cm³/mol. The Balaban J connectivity index is 2.06. The van der Waals surface area contributed by atoms with E-state index in [2.05, 4.69) is 5.32 Å². The van der Waals surface area contributed by atoms with E-state index in [1.807, 2.05) is 17.5 Å². The highest BCUT2D eigenvalue weighted by atomic mass is 32.1. The zero-order chi connectivity index (χ0) is 15.9. The topological polar surface area (TPSA) is 80.6 Å². The van der Waals surface area contributed by atoms with Gasteiger partial charge in [-0.25, -0.2) is 4.79 Å². The van der Waals surface area contributed by atoms with Crippen LogP contribution < -0.4 is 5.32 Å². The minimum absolute atomic E-state index is 0.225. The molecule has 0 aromatic carbocycles. The third kappa shape index (κ3) is 4.19. The number of carbonyl (C=O) groups excluding carboxylic acids is 1. The molecular formula is C15H18N2O4S. The minimum atomic E-state index is -1.07. The summed E-state index contributed by atoms with van der Waals surface area (Å²) < 4.78 is 6.67. The van der Waals surface area contributed by atoms with Crippen LogP contribution in [-0.4, -0.2) is 41.3 Å². The lowest BCUT2D eigenvalue weighted by Gasteiger charge is -2.15. The molecule has 0 aliphatic carbocycles. The number of amides is 1. The lowest BCUT2D eigenvalue weighted by atomic mass is 10.2. The average Bonchev–Trinajstić information content (AvgIpc) is 3.15. The fraction of sp³-hybridized carbons (Fsp3) is 0.333. The minimum Gasteiger partial charge on any atom is -0.480 e. The van der Waals surface area contributed by atoms with Gasteiger partial charge in [0.1, 0.15) is 11.7 Å². The van der Waals surface area contributed by atoms with Crippen molar-refractivity contribution in [1.29, 1.82) is 0 Å². The molecule has 0 bridgehead atoms. The molecule has 2 aromatic rings. The molecule has 1 unspecified atom stereocenters. The maximum atomic E-state index is 12.3. The second-order valence-corrected chi connectivity index (χ2v) is 5.78. The van der Waals surface area contributed by atoms with Crippen LogP contribution in [-0.2, 0) is 16.1 Å². The normalized spacial score (nSPS) is 12.0. The van der Waals surface area contributed by atoms with Gasteiger partial charge in [0.15, 0.2) is 0 Å². The Morgan fingerprint density at radius 2 is 2.23 bits per heavy atom. The Labute approximate surface area is 132 Å². The van der Waals surface area contributed by atoms with Crippen molar-refractivity contribution in [3.8, 4) is 0 Å². The summed E-state index contributed by atoms with van der Waals surface area (Å²) in [4.78, 5) is 24.6. The first kappa shape index (κ1) is 16.3. The quantitative estimate of drug-likeness (QED) is 0.777. The van der Waals surface area contributed by atoms with E-state index in [4.69, 9.17) is 9.84 Å². The van der Waals surface area contributed by atoms with Crippen molar-refractivity contribution in [2.24, 2.45) is 0 Å². The number of carboxylic acid groups (broad SMARTS) is 1. The van der Waals surface area contributed by atoms with Crippen molar-refractivity contribution < 1.29 is 19.4 Å². The smallest absolute Gasteiger partial charge is 0.326 e. The number of nitrogens with zero attached hydrogens (tertiary/aromatic N) is 1. The molecule has 0 fully saturated rings. The third-order valence-corrected chi connectivity index (χ3v) is 4.04. The molecule has 0 aliphatic rings. The Bertz CT molecular complexity index is 621. The molecule has 22 heavy (non-hydrogen) atoms. The molecule has 0 saturated heterocycles. The van der Waals surface area contributed by atoms with Crippen LogP contribution in [0.5, 0.6) is 0 Å². The highest BCUT2D eigenvalue weighted by molar-refractivity contribution is 7.09. The van der Waals surface area contributed by atoms with Gasteiger partial charge < -0.3 is 19.7 Å². The molecule has 7 heteroatoms. The predicted octanol–water partition coefficient (Wildman–Crippen LogP) is 1.82. The molecule has 1 atom stereocenters. The van der Waals surface area contributed by atoms with Gasteiger partial charge in [-0.05, 0) is 23.6 Å². The van der Waals surface area contributed by atoms with Crippen LogP contribution in [0.1, 0.15) is 21.8 Å². The number of hydrogen-bond donors (Lipinski definition) is 2. The van der Waals surface area contributed by atoms with E-state index in [0.29, 0.717) is 12.2 Å². The summed E-state index contributed by atoms with van der Waals surface area (Å²) >= 11 is 1.61. The lowest BCUT2D eigenvalue weighted by molar-refractivity contribution is -0.139.